The molecule has 134 valence electrons. The highest BCUT2D eigenvalue weighted by molar-refractivity contribution is 5.91. The van der Waals surface area contributed by atoms with E-state index in [0.29, 0.717) is 18.1 Å². The molecule has 0 saturated heterocycles. The van der Waals surface area contributed by atoms with Crippen LogP contribution in [0, 0.1) is 6.92 Å². The van der Waals surface area contributed by atoms with E-state index in [1.165, 1.54) is 0 Å². The van der Waals surface area contributed by atoms with Gasteiger partial charge in [0.25, 0.3) is 5.91 Å². The van der Waals surface area contributed by atoms with Crippen LogP contribution in [0.3, 0.4) is 0 Å². The summed E-state index contributed by atoms with van der Waals surface area (Å²) in [6.07, 6.45) is 0.758. The molecule has 25 heavy (non-hydrogen) atoms. The largest absolute Gasteiger partial charge is 0.490 e. The molecule has 0 spiro atoms. The van der Waals surface area contributed by atoms with Crippen molar-refractivity contribution in [3.63, 3.8) is 0 Å². The molecule has 2 aromatic carbocycles. The molecule has 2 aromatic rings. The molecule has 0 radical (unpaired) electrons. The van der Waals surface area contributed by atoms with Crippen LogP contribution in [0.25, 0.3) is 0 Å². The molecule has 0 aliphatic heterocycles. The number of nitrogens with two attached hydrogens (primary N) is 1. The number of carbonyl (C=O) groups is 1. The van der Waals surface area contributed by atoms with Gasteiger partial charge < -0.3 is 20.5 Å². The molecule has 5 heteroatoms. The third-order valence-corrected chi connectivity index (χ3v) is 3.56. The van der Waals surface area contributed by atoms with Gasteiger partial charge in [0, 0.05) is 11.7 Å². The van der Waals surface area contributed by atoms with Crippen LogP contribution in [0.5, 0.6) is 11.5 Å². The normalized spacial score (nSPS) is 11.7. The number of rotatable bonds is 8. The van der Waals surface area contributed by atoms with Crippen LogP contribution >= 0.6 is 0 Å². The average Bonchev–Trinajstić information content (AvgIpc) is 2.56. The maximum Gasteiger partial charge on any atom is 0.262 e. The molecule has 0 bridgehead atoms. The molecule has 3 N–H and O–H groups in total. The molecule has 0 saturated carbocycles. The predicted octanol–water partition coefficient (Wildman–Crippen LogP) is 3.30. The number of aryl methyl sites for hydroxylation is 1. The number of nitrogens with one attached hydrogen (secondary N) is 1. The number of benzene rings is 2. The van der Waals surface area contributed by atoms with Crippen LogP contribution in [-0.2, 0) is 11.2 Å². The van der Waals surface area contributed by atoms with Crippen molar-refractivity contribution in [1.82, 2.24) is 0 Å². The Morgan fingerprint density at radius 2 is 1.84 bits per heavy atom. The Morgan fingerprint density at radius 1 is 1.12 bits per heavy atom. The first-order valence-corrected chi connectivity index (χ1v) is 8.48. The minimum absolute atomic E-state index is 0.0709. The summed E-state index contributed by atoms with van der Waals surface area (Å²) < 4.78 is 11.3. The summed E-state index contributed by atoms with van der Waals surface area (Å²) in [6, 6.07) is 13.4. The van der Waals surface area contributed by atoms with E-state index < -0.39 is 0 Å². The lowest BCUT2D eigenvalue weighted by Gasteiger charge is -2.14. The molecular formula is C20H26N2O3. The first-order chi connectivity index (χ1) is 12.0. The zero-order valence-corrected chi connectivity index (χ0v) is 15.0. The third kappa shape index (κ3) is 6.12. The van der Waals surface area contributed by atoms with Crippen LogP contribution in [0.1, 0.15) is 25.0 Å². The van der Waals surface area contributed by atoms with Crippen molar-refractivity contribution in [1.29, 1.82) is 0 Å². The molecule has 2 rings (SSSR count). The molecule has 0 aliphatic carbocycles. The van der Waals surface area contributed by atoms with Crippen LogP contribution in [0.4, 0.5) is 5.69 Å². The lowest BCUT2D eigenvalue weighted by Crippen LogP contribution is -2.20. The first kappa shape index (κ1) is 18.8. The number of amides is 1. The Kier molecular flexibility index (Phi) is 6.83. The van der Waals surface area contributed by atoms with Crippen LogP contribution in [0.2, 0.25) is 0 Å². The summed E-state index contributed by atoms with van der Waals surface area (Å²) in [5.41, 5.74) is 8.81. The van der Waals surface area contributed by atoms with E-state index >= 15 is 0 Å². The Morgan fingerprint density at radius 3 is 2.48 bits per heavy atom. The van der Waals surface area contributed by atoms with Gasteiger partial charge in [0.2, 0.25) is 0 Å². The highest BCUT2D eigenvalue weighted by Gasteiger charge is 2.10. The molecule has 1 amide bonds. The SMILES string of the molecule is CCOc1cc(CC(C)N)ccc1OCC(=O)Nc1ccc(C)cc1. The molecule has 0 aromatic heterocycles. The van der Waals surface area contributed by atoms with E-state index in [-0.39, 0.29) is 18.6 Å². The monoisotopic (exact) mass is 342 g/mol. The molecule has 0 aliphatic rings. The molecule has 0 heterocycles. The van der Waals surface area contributed by atoms with Gasteiger partial charge in [0.1, 0.15) is 0 Å². The second kappa shape index (κ2) is 9.08. The number of hydrogen-bond acceptors (Lipinski definition) is 4. The second-order valence-electron chi connectivity index (χ2n) is 6.10. The maximum atomic E-state index is 12.1. The lowest BCUT2D eigenvalue weighted by molar-refractivity contribution is -0.118. The van der Waals surface area contributed by atoms with E-state index in [4.69, 9.17) is 15.2 Å². The highest BCUT2D eigenvalue weighted by atomic mass is 16.5. The minimum Gasteiger partial charge on any atom is -0.490 e. The quantitative estimate of drug-likeness (QED) is 0.772. The molecule has 5 nitrogen and oxygen atoms in total. The smallest absolute Gasteiger partial charge is 0.262 e. The van der Waals surface area contributed by atoms with Gasteiger partial charge in [0.15, 0.2) is 18.1 Å². The van der Waals surface area contributed by atoms with Crippen molar-refractivity contribution < 1.29 is 14.3 Å². The maximum absolute atomic E-state index is 12.1. The van der Waals surface area contributed by atoms with Crippen molar-refractivity contribution in [2.45, 2.75) is 33.2 Å². The molecule has 1 atom stereocenters. The summed E-state index contributed by atoms with van der Waals surface area (Å²) in [5, 5.41) is 2.81. The van der Waals surface area contributed by atoms with Crippen LogP contribution in [0.15, 0.2) is 42.5 Å². The van der Waals surface area contributed by atoms with E-state index in [9.17, 15) is 4.79 Å². The zero-order valence-electron chi connectivity index (χ0n) is 15.0. The van der Waals surface area contributed by atoms with Crippen LogP contribution in [-0.4, -0.2) is 25.2 Å². The summed E-state index contributed by atoms with van der Waals surface area (Å²) in [5.74, 6) is 0.962. The van der Waals surface area contributed by atoms with Gasteiger partial charge in [-0.2, -0.15) is 0 Å². The molecule has 1 unspecified atom stereocenters. The van der Waals surface area contributed by atoms with Gasteiger partial charge >= 0.3 is 0 Å². The fourth-order valence-electron chi connectivity index (χ4n) is 2.42. The van der Waals surface area contributed by atoms with E-state index in [1.807, 2.05) is 63.2 Å². The fraction of sp³-hybridized carbons (Fsp3) is 0.350. The third-order valence-electron chi connectivity index (χ3n) is 3.56. The van der Waals surface area contributed by atoms with Gasteiger partial charge in [0.05, 0.1) is 6.61 Å². The lowest BCUT2D eigenvalue weighted by atomic mass is 10.1. The van der Waals surface area contributed by atoms with Gasteiger partial charge in [-0.05, 0) is 57.0 Å². The summed E-state index contributed by atoms with van der Waals surface area (Å²) >= 11 is 0. The molecular weight excluding hydrogens is 316 g/mol. The van der Waals surface area contributed by atoms with Crippen LogP contribution < -0.4 is 20.5 Å². The number of hydrogen-bond donors (Lipinski definition) is 2. The van der Waals surface area contributed by atoms with Crippen molar-refractivity contribution in [2.75, 3.05) is 18.5 Å². The highest BCUT2D eigenvalue weighted by Crippen LogP contribution is 2.29. The van der Waals surface area contributed by atoms with E-state index in [1.54, 1.807) is 0 Å². The molecule has 0 fully saturated rings. The Bertz CT molecular complexity index is 697. The number of anilines is 1. The second-order valence-corrected chi connectivity index (χ2v) is 6.10. The summed E-state index contributed by atoms with van der Waals surface area (Å²) in [4.78, 5) is 12.1. The zero-order chi connectivity index (χ0) is 18.2. The summed E-state index contributed by atoms with van der Waals surface area (Å²) in [7, 11) is 0. The van der Waals surface area contributed by atoms with Crippen molar-refractivity contribution >= 4 is 11.6 Å². The predicted molar refractivity (Wildman–Crippen MR) is 100 cm³/mol. The number of ether oxygens (including phenoxy) is 2. The van der Waals surface area contributed by atoms with Gasteiger partial charge in [-0.15, -0.1) is 0 Å². The first-order valence-electron chi connectivity index (χ1n) is 8.48. The van der Waals surface area contributed by atoms with E-state index in [0.717, 1.165) is 23.2 Å². The Balaban J connectivity index is 1.98. The topological polar surface area (TPSA) is 73.6 Å². The van der Waals surface area contributed by atoms with Crippen molar-refractivity contribution in [2.24, 2.45) is 5.73 Å². The summed E-state index contributed by atoms with van der Waals surface area (Å²) in [6.45, 7) is 6.31. The van der Waals surface area contributed by atoms with Gasteiger partial charge in [-0.25, -0.2) is 0 Å². The number of carbonyl (C=O) groups excluding carboxylic acids is 1. The average molecular weight is 342 g/mol. The van der Waals surface area contributed by atoms with Crippen molar-refractivity contribution in [3.05, 3.63) is 53.6 Å². The fourth-order valence-corrected chi connectivity index (χ4v) is 2.42. The van der Waals surface area contributed by atoms with Gasteiger partial charge in [-0.3, -0.25) is 4.79 Å². The minimum atomic E-state index is -0.217. The van der Waals surface area contributed by atoms with Crippen molar-refractivity contribution in [3.8, 4) is 11.5 Å². The van der Waals surface area contributed by atoms with Gasteiger partial charge in [-0.1, -0.05) is 23.8 Å². The standard InChI is InChI=1S/C20H26N2O3/c1-4-24-19-12-16(11-15(3)21)7-10-18(19)25-13-20(23)22-17-8-5-14(2)6-9-17/h5-10,12,15H,4,11,13,21H2,1-3H3,(H,22,23). The van der Waals surface area contributed by atoms with E-state index in [2.05, 4.69) is 5.32 Å². The Labute approximate surface area is 149 Å². The Hall–Kier alpha value is -2.53.